The lowest BCUT2D eigenvalue weighted by Crippen LogP contribution is -2.78. The van der Waals surface area contributed by atoms with Crippen LogP contribution < -0.4 is 9.47 Å². The average Bonchev–Trinajstić information content (AvgIpc) is 3.56. The van der Waals surface area contributed by atoms with Crippen molar-refractivity contribution in [1.29, 1.82) is 0 Å². The lowest BCUT2D eigenvalue weighted by Gasteiger charge is -2.70. The Labute approximate surface area is 195 Å². The summed E-state index contributed by atoms with van der Waals surface area (Å²) in [6, 6.07) is 4.73. The predicted molar refractivity (Wildman–Crippen MR) is 124 cm³/mol. The Balaban J connectivity index is 1.51. The van der Waals surface area contributed by atoms with Gasteiger partial charge in [-0.05, 0) is 62.6 Å². The number of ether oxygens (including phenoxy) is 3. The number of piperidine rings is 1. The second-order valence-electron chi connectivity index (χ2n) is 11.4. The normalized spacial score (nSPS) is 39.6. The van der Waals surface area contributed by atoms with E-state index < -0.39 is 5.60 Å². The van der Waals surface area contributed by atoms with E-state index in [4.69, 9.17) is 14.2 Å². The molecule has 0 N–H and O–H groups in total. The third kappa shape index (κ3) is 2.17. The van der Waals surface area contributed by atoms with Crippen LogP contribution in [0.1, 0.15) is 43.2 Å². The lowest BCUT2D eigenvalue weighted by atomic mass is 9.37. The number of rotatable bonds is 5. The molecule has 4 bridgehead atoms. The van der Waals surface area contributed by atoms with Gasteiger partial charge in [0.1, 0.15) is 11.7 Å². The van der Waals surface area contributed by atoms with Gasteiger partial charge in [-0.15, -0.1) is 0 Å². The van der Waals surface area contributed by atoms with Crippen LogP contribution in [0.15, 0.2) is 23.8 Å². The van der Waals surface area contributed by atoms with Gasteiger partial charge in [0.2, 0.25) is 0 Å². The van der Waals surface area contributed by atoms with Gasteiger partial charge in [0, 0.05) is 50.3 Å². The molecule has 5 aliphatic carbocycles. The van der Waals surface area contributed by atoms with Crippen molar-refractivity contribution < 1.29 is 19.0 Å². The number of carbonyl (C=O) groups excluding carboxylic acids is 1. The largest absolute Gasteiger partial charge is 0.493 e. The van der Waals surface area contributed by atoms with Gasteiger partial charge in [0.05, 0.1) is 12.5 Å². The van der Waals surface area contributed by atoms with Crippen LogP contribution in [0.25, 0.3) is 0 Å². The molecule has 6 nitrogen and oxygen atoms in total. The number of amides is 1. The third-order valence-electron chi connectivity index (χ3n) is 10.0. The minimum atomic E-state index is -0.731. The van der Waals surface area contributed by atoms with Gasteiger partial charge in [0.15, 0.2) is 11.5 Å². The topological polar surface area (TPSA) is 51.2 Å². The molecule has 0 unspecified atom stereocenters. The zero-order chi connectivity index (χ0) is 22.8. The van der Waals surface area contributed by atoms with E-state index in [-0.39, 0.29) is 22.8 Å². The Hall–Kier alpha value is -2.05. The minimum Gasteiger partial charge on any atom is -0.493 e. The number of likely N-dealkylation sites (tertiary alicyclic amines) is 1. The van der Waals surface area contributed by atoms with Crippen molar-refractivity contribution in [3.05, 3.63) is 34.9 Å². The van der Waals surface area contributed by atoms with Crippen molar-refractivity contribution in [2.24, 2.45) is 11.3 Å². The number of hydrogen-bond donors (Lipinski definition) is 0. The van der Waals surface area contributed by atoms with E-state index >= 15 is 0 Å². The summed E-state index contributed by atoms with van der Waals surface area (Å²) >= 11 is 0. The first kappa shape index (κ1) is 20.3. The highest BCUT2D eigenvalue weighted by Crippen LogP contribution is 2.75. The molecule has 6 heteroatoms. The van der Waals surface area contributed by atoms with Crippen molar-refractivity contribution >= 4 is 5.91 Å². The van der Waals surface area contributed by atoms with E-state index in [2.05, 4.69) is 23.1 Å². The molecular weight excluding hydrogens is 416 g/mol. The molecule has 1 aromatic carbocycles. The van der Waals surface area contributed by atoms with Gasteiger partial charge in [-0.2, -0.15) is 0 Å². The van der Waals surface area contributed by atoms with Crippen molar-refractivity contribution in [3.63, 3.8) is 0 Å². The van der Waals surface area contributed by atoms with Crippen molar-refractivity contribution in [1.82, 2.24) is 9.80 Å². The first-order valence-electron chi connectivity index (χ1n) is 12.5. The summed E-state index contributed by atoms with van der Waals surface area (Å²) in [5.41, 5.74) is 2.54. The number of likely N-dealkylation sites (N-methyl/N-ethyl adjacent to an activating group) is 1. The smallest absolute Gasteiger partial charge is 0.252 e. The number of methoxy groups -OCH3 is 2. The summed E-state index contributed by atoms with van der Waals surface area (Å²) in [4.78, 5) is 18.0. The van der Waals surface area contributed by atoms with E-state index in [1.165, 1.54) is 30.5 Å². The summed E-state index contributed by atoms with van der Waals surface area (Å²) in [5, 5.41) is 0. The molecular formula is C27H34N2O4. The molecule has 7 aliphatic rings. The summed E-state index contributed by atoms with van der Waals surface area (Å²) in [5.74, 6) is 2.59. The SMILES string of the molecule is COc1ccc2c3c1O[C@@H]1[C@]34CCN(CC3CC3)[C@H](C2)[C@@]42C=C(C(=O)N(C)C)[C@]1(OC)CC2. The molecule has 2 spiro atoms. The number of benzene rings is 1. The van der Waals surface area contributed by atoms with E-state index in [0.29, 0.717) is 6.04 Å². The molecule has 2 heterocycles. The van der Waals surface area contributed by atoms with Crippen LogP contribution >= 0.6 is 0 Å². The standard InChI is InChI=1S/C27H34N2O4/c1-28(2)23(30)18-14-25-9-10-27(18,32-4)24-26(25)11-12-29(15-16-5-6-16)20(25)13-17-7-8-19(31-3)22(33-24)21(17)26/h7-8,14,16,20,24H,5-6,9-13,15H2,1-4H3/t20-,24-,25-,26+,27-/m1/s1. The maximum Gasteiger partial charge on any atom is 0.252 e. The number of fused-ring (bicyclic) bond motifs is 1. The van der Waals surface area contributed by atoms with Crippen LogP contribution in [-0.4, -0.2) is 74.9 Å². The van der Waals surface area contributed by atoms with Gasteiger partial charge >= 0.3 is 0 Å². The molecule has 0 aromatic heterocycles. The Morgan fingerprint density at radius 2 is 2.03 bits per heavy atom. The fourth-order valence-electron chi connectivity index (χ4n) is 8.49. The highest BCUT2D eigenvalue weighted by molar-refractivity contribution is 5.97. The minimum absolute atomic E-state index is 0.0508. The molecule has 1 aromatic rings. The fourth-order valence-corrected chi connectivity index (χ4v) is 8.49. The molecule has 8 rings (SSSR count). The van der Waals surface area contributed by atoms with Crippen LogP contribution in [-0.2, 0) is 21.4 Å². The zero-order valence-electron chi connectivity index (χ0n) is 20.1. The van der Waals surface area contributed by atoms with Crippen LogP contribution in [0.5, 0.6) is 11.5 Å². The molecule has 0 radical (unpaired) electrons. The fraction of sp³-hybridized carbons (Fsp3) is 0.667. The van der Waals surface area contributed by atoms with E-state index in [1.807, 2.05) is 14.1 Å². The van der Waals surface area contributed by atoms with Crippen LogP contribution in [0.4, 0.5) is 0 Å². The Bertz CT molecular complexity index is 1090. The highest BCUT2D eigenvalue weighted by atomic mass is 16.6. The quantitative estimate of drug-likeness (QED) is 0.691. The van der Waals surface area contributed by atoms with Crippen molar-refractivity contribution in [2.75, 3.05) is 41.4 Å². The van der Waals surface area contributed by atoms with Gasteiger partial charge in [-0.3, -0.25) is 9.69 Å². The monoisotopic (exact) mass is 450 g/mol. The first-order chi connectivity index (χ1) is 15.9. The highest BCUT2D eigenvalue weighted by Gasteiger charge is 2.79. The van der Waals surface area contributed by atoms with Crippen molar-refractivity contribution in [2.45, 2.75) is 61.7 Å². The van der Waals surface area contributed by atoms with Crippen molar-refractivity contribution in [3.8, 4) is 11.5 Å². The Morgan fingerprint density at radius 3 is 2.73 bits per heavy atom. The molecule has 1 saturated heterocycles. The molecule has 5 atom stereocenters. The maximum absolute atomic E-state index is 13.6. The molecule has 33 heavy (non-hydrogen) atoms. The molecule has 3 fully saturated rings. The molecule has 176 valence electrons. The average molecular weight is 451 g/mol. The Morgan fingerprint density at radius 1 is 1.21 bits per heavy atom. The first-order valence-corrected chi connectivity index (χ1v) is 12.5. The van der Waals surface area contributed by atoms with Crippen LogP contribution in [0.2, 0.25) is 0 Å². The number of nitrogens with zero attached hydrogens (tertiary/aromatic N) is 2. The van der Waals surface area contributed by atoms with Crippen LogP contribution in [0.3, 0.4) is 0 Å². The van der Waals surface area contributed by atoms with Crippen LogP contribution in [0, 0.1) is 11.3 Å². The maximum atomic E-state index is 13.6. The summed E-state index contributed by atoms with van der Waals surface area (Å²) < 4.78 is 19.1. The lowest BCUT2D eigenvalue weighted by molar-refractivity contribution is -0.197. The number of hydrogen-bond acceptors (Lipinski definition) is 5. The molecule has 2 aliphatic heterocycles. The second kappa shape index (κ2) is 6.33. The van der Waals surface area contributed by atoms with Gasteiger partial charge in [-0.1, -0.05) is 12.1 Å². The number of carbonyl (C=O) groups is 1. The van der Waals surface area contributed by atoms with E-state index in [9.17, 15) is 4.79 Å². The summed E-state index contributed by atoms with van der Waals surface area (Å²) in [6.45, 7) is 2.27. The van der Waals surface area contributed by atoms with E-state index in [1.54, 1.807) is 19.1 Å². The summed E-state index contributed by atoms with van der Waals surface area (Å²) in [6.07, 6.45) is 8.80. The summed E-state index contributed by atoms with van der Waals surface area (Å²) in [7, 11) is 7.17. The Kier molecular flexibility index (Phi) is 3.90. The van der Waals surface area contributed by atoms with Gasteiger partial charge in [0.25, 0.3) is 5.91 Å². The van der Waals surface area contributed by atoms with Gasteiger partial charge in [-0.25, -0.2) is 0 Å². The van der Waals surface area contributed by atoms with Gasteiger partial charge < -0.3 is 19.1 Å². The van der Waals surface area contributed by atoms with E-state index in [0.717, 1.165) is 55.2 Å². The molecule has 2 saturated carbocycles. The predicted octanol–water partition coefficient (Wildman–Crippen LogP) is 2.93. The third-order valence-corrected chi connectivity index (χ3v) is 10.0. The second-order valence-corrected chi connectivity index (χ2v) is 11.4. The molecule has 1 amide bonds. The zero-order valence-corrected chi connectivity index (χ0v) is 20.1.